The maximum Gasteiger partial charge on any atom is 0.277 e. The Balaban J connectivity index is 1.63. The summed E-state index contributed by atoms with van der Waals surface area (Å²) in [5.74, 6) is 0.730. The lowest BCUT2D eigenvalue weighted by atomic mass is 10.1. The smallest absolute Gasteiger partial charge is 0.277 e. The van der Waals surface area contributed by atoms with Crippen LogP contribution in [0.25, 0.3) is 10.9 Å². The summed E-state index contributed by atoms with van der Waals surface area (Å²) in [6, 6.07) is 9.67. The van der Waals surface area contributed by atoms with Crippen LogP contribution in [0.1, 0.15) is 11.3 Å². The average molecular weight is 461 g/mol. The fraction of sp³-hybridized carbons (Fsp3) is 0.158. The Kier molecular flexibility index (Phi) is 6.13. The summed E-state index contributed by atoms with van der Waals surface area (Å²) in [6.07, 6.45) is 1.49. The second-order valence-electron chi connectivity index (χ2n) is 6.03. The van der Waals surface area contributed by atoms with E-state index < -0.39 is 10.8 Å². The predicted octanol–water partition coefficient (Wildman–Crippen LogP) is 3.68. The van der Waals surface area contributed by atoms with E-state index in [1.165, 1.54) is 18.3 Å². The van der Waals surface area contributed by atoms with Crippen LogP contribution in [-0.4, -0.2) is 35.7 Å². The normalized spacial score (nSPS) is 11.0. The van der Waals surface area contributed by atoms with E-state index in [2.05, 4.69) is 31.4 Å². The van der Waals surface area contributed by atoms with Gasteiger partial charge in [0.05, 0.1) is 28.2 Å². The third-order valence-corrected chi connectivity index (χ3v) is 4.73. The van der Waals surface area contributed by atoms with Crippen molar-refractivity contribution in [1.82, 2.24) is 10.4 Å². The van der Waals surface area contributed by atoms with Crippen LogP contribution in [-0.2, 0) is 4.79 Å². The van der Waals surface area contributed by atoms with Crippen LogP contribution in [0.15, 0.2) is 46.0 Å². The van der Waals surface area contributed by atoms with E-state index in [4.69, 9.17) is 9.47 Å². The Morgan fingerprint density at radius 3 is 2.83 bits per heavy atom. The van der Waals surface area contributed by atoms with Crippen molar-refractivity contribution in [3.8, 4) is 11.5 Å². The lowest BCUT2D eigenvalue weighted by molar-refractivity contribution is -0.384. The van der Waals surface area contributed by atoms with Gasteiger partial charge in [0.15, 0.2) is 6.61 Å². The van der Waals surface area contributed by atoms with Gasteiger partial charge in [-0.05, 0) is 47.1 Å². The number of aryl methyl sites for hydroxylation is 1. The molecule has 1 aromatic heterocycles. The molecule has 0 radical (unpaired) electrons. The molecule has 0 unspecified atom stereocenters. The number of benzene rings is 2. The van der Waals surface area contributed by atoms with Crippen molar-refractivity contribution >= 4 is 44.6 Å². The number of carbonyl (C=O) groups excluding carboxylic acids is 1. The number of methoxy groups -OCH3 is 1. The molecule has 0 aliphatic heterocycles. The number of ether oxygens (including phenoxy) is 2. The molecule has 3 aromatic rings. The topological polar surface area (TPSA) is 119 Å². The Morgan fingerprint density at radius 2 is 2.14 bits per heavy atom. The summed E-state index contributed by atoms with van der Waals surface area (Å²) in [5, 5.41) is 15.6. The van der Waals surface area contributed by atoms with E-state index >= 15 is 0 Å². The van der Waals surface area contributed by atoms with Gasteiger partial charge in [-0.3, -0.25) is 14.9 Å². The average Bonchev–Trinajstić information content (AvgIpc) is 3.01. The maximum atomic E-state index is 12.0. The van der Waals surface area contributed by atoms with Crippen LogP contribution >= 0.6 is 15.9 Å². The number of nitro groups is 1. The largest absolute Gasteiger partial charge is 0.497 e. The highest BCUT2D eigenvalue weighted by atomic mass is 79.9. The second-order valence-corrected chi connectivity index (χ2v) is 6.88. The first kappa shape index (κ1) is 20.3. The molecule has 0 saturated heterocycles. The number of nitrogens with one attached hydrogen (secondary N) is 2. The van der Waals surface area contributed by atoms with Crippen molar-refractivity contribution in [2.75, 3.05) is 13.7 Å². The number of carbonyl (C=O) groups is 1. The molecule has 150 valence electrons. The number of rotatable bonds is 7. The Morgan fingerprint density at radius 1 is 1.34 bits per heavy atom. The van der Waals surface area contributed by atoms with E-state index in [0.717, 1.165) is 16.6 Å². The standard InChI is InChI=1S/C19H17BrN4O5/c1-11-15(14-5-3-12(24(26)27)7-17(14)22-11)9-21-23-19(25)10-29-18-6-4-13(28-2)8-16(18)20/h3-9,22H,10H2,1-2H3,(H,23,25)/b21-9+. The molecule has 1 heterocycles. The number of nitro benzene ring substituents is 1. The van der Waals surface area contributed by atoms with Crippen molar-refractivity contribution < 1.29 is 19.2 Å². The number of amides is 1. The van der Waals surface area contributed by atoms with E-state index in [1.807, 2.05) is 6.92 Å². The summed E-state index contributed by atoms with van der Waals surface area (Å²) in [5.41, 5.74) is 4.52. The molecule has 0 bridgehead atoms. The SMILES string of the molecule is COc1ccc(OCC(=O)N/N=C/c2c(C)[nH]c3cc([N+](=O)[O-])ccc23)c(Br)c1. The third kappa shape index (κ3) is 4.72. The minimum Gasteiger partial charge on any atom is -0.497 e. The first-order chi connectivity index (χ1) is 13.9. The van der Waals surface area contributed by atoms with Gasteiger partial charge in [-0.15, -0.1) is 0 Å². The number of aromatic nitrogens is 1. The van der Waals surface area contributed by atoms with Crippen LogP contribution < -0.4 is 14.9 Å². The highest BCUT2D eigenvalue weighted by molar-refractivity contribution is 9.10. The molecule has 0 fully saturated rings. The zero-order valence-electron chi connectivity index (χ0n) is 15.6. The number of halogens is 1. The third-order valence-electron chi connectivity index (χ3n) is 4.11. The zero-order chi connectivity index (χ0) is 21.0. The monoisotopic (exact) mass is 460 g/mol. The summed E-state index contributed by atoms with van der Waals surface area (Å²) in [6.45, 7) is 1.60. The van der Waals surface area contributed by atoms with Gasteiger partial charge < -0.3 is 14.5 Å². The number of hydrogen-bond acceptors (Lipinski definition) is 6. The van der Waals surface area contributed by atoms with Crippen molar-refractivity contribution in [2.45, 2.75) is 6.92 Å². The fourth-order valence-electron chi connectivity index (χ4n) is 2.69. The van der Waals surface area contributed by atoms with Crippen molar-refractivity contribution in [1.29, 1.82) is 0 Å². The molecule has 0 atom stereocenters. The number of aromatic amines is 1. The molecule has 0 aliphatic carbocycles. The second kappa shape index (κ2) is 8.74. The van der Waals surface area contributed by atoms with Crippen LogP contribution in [0.2, 0.25) is 0 Å². The summed E-state index contributed by atoms with van der Waals surface area (Å²) in [7, 11) is 1.56. The highest BCUT2D eigenvalue weighted by Crippen LogP contribution is 2.29. The molecule has 29 heavy (non-hydrogen) atoms. The number of hydrazone groups is 1. The van der Waals surface area contributed by atoms with Gasteiger partial charge in [0.25, 0.3) is 11.6 Å². The predicted molar refractivity (Wildman–Crippen MR) is 112 cm³/mol. The number of nitrogens with zero attached hydrogens (tertiary/aromatic N) is 2. The Bertz CT molecular complexity index is 1110. The molecular weight excluding hydrogens is 444 g/mol. The minimum atomic E-state index is -0.454. The van der Waals surface area contributed by atoms with Crippen LogP contribution in [0, 0.1) is 17.0 Å². The molecule has 0 spiro atoms. The molecule has 1 amide bonds. The molecule has 10 heteroatoms. The van der Waals surface area contributed by atoms with Gasteiger partial charge in [-0.2, -0.15) is 5.10 Å². The van der Waals surface area contributed by atoms with E-state index in [1.54, 1.807) is 31.4 Å². The quantitative estimate of drug-likeness (QED) is 0.316. The molecule has 0 saturated carbocycles. The maximum absolute atomic E-state index is 12.0. The molecule has 2 aromatic carbocycles. The number of fused-ring (bicyclic) bond motifs is 1. The lowest BCUT2D eigenvalue weighted by Gasteiger charge is -2.08. The molecule has 0 aliphatic rings. The fourth-order valence-corrected chi connectivity index (χ4v) is 3.16. The van der Waals surface area contributed by atoms with Crippen molar-refractivity contribution in [3.63, 3.8) is 0 Å². The van der Waals surface area contributed by atoms with Gasteiger partial charge in [0.1, 0.15) is 11.5 Å². The van der Waals surface area contributed by atoms with Gasteiger partial charge in [0, 0.05) is 28.8 Å². The Labute approximate surface area is 174 Å². The van der Waals surface area contributed by atoms with Crippen molar-refractivity contribution in [3.05, 3.63) is 62.2 Å². The summed E-state index contributed by atoms with van der Waals surface area (Å²) < 4.78 is 11.2. The molecule has 3 rings (SSSR count). The van der Waals surface area contributed by atoms with Gasteiger partial charge >= 0.3 is 0 Å². The minimum absolute atomic E-state index is 0.00242. The zero-order valence-corrected chi connectivity index (χ0v) is 17.1. The summed E-state index contributed by atoms with van der Waals surface area (Å²) >= 11 is 3.35. The molecule has 2 N–H and O–H groups in total. The first-order valence-electron chi connectivity index (χ1n) is 8.44. The molecular formula is C19H17BrN4O5. The van der Waals surface area contributed by atoms with E-state index in [9.17, 15) is 14.9 Å². The number of non-ortho nitro benzene ring substituents is 1. The Hall–Kier alpha value is -3.40. The number of hydrogen-bond donors (Lipinski definition) is 2. The highest BCUT2D eigenvalue weighted by Gasteiger charge is 2.12. The van der Waals surface area contributed by atoms with Crippen LogP contribution in [0.4, 0.5) is 5.69 Å². The molecule has 9 nitrogen and oxygen atoms in total. The summed E-state index contributed by atoms with van der Waals surface area (Å²) in [4.78, 5) is 25.5. The van der Waals surface area contributed by atoms with Gasteiger partial charge in [-0.1, -0.05) is 0 Å². The lowest BCUT2D eigenvalue weighted by Crippen LogP contribution is -2.24. The van der Waals surface area contributed by atoms with E-state index in [-0.39, 0.29) is 12.3 Å². The van der Waals surface area contributed by atoms with Gasteiger partial charge in [0.2, 0.25) is 0 Å². The van der Waals surface area contributed by atoms with Crippen molar-refractivity contribution in [2.24, 2.45) is 5.10 Å². The van der Waals surface area contributed by atoms with Crippen LogP contribution in [0.3, 0.4) is 0 Å². The number of H-pyrrole nitrogens is 1. The first-order valence-corrected chi connectivity index (χ1v) is 9.23. The van der Waals surface area contributed by atoms with Crippen LogP contribution in [0.5, 0.6) is 11.5 Å². The van der Waals surface area contributed by atoms with E-state index in [0.29, 0.717) is 21.5 Å². The van der Waals surface area contributed by atoms with Gasteiger partial charge in [-0.25, -0.2) is 5.43 Å².